The van der Waals surface area contributed by atoms with Crippen LogP contribution < -0.4 is 5.32 Å². The molecule has 1 spiro atoms. The van der Waals surface area contributed by atoms with Crippen molar-refractivity contribution in [3.05, 3.63) is 0 Å². The van der Waals surface area contributed by atoms with Gasteiger partial charge >= 0.3 is 6.03 Å². The number of amides is 3. The maximum atomic E-state index is 12.1. The first-order valence-electron chi connectivity index (χ1n) is 6.81. The van der Waals surface area contributed by atoms with Crippen molar-refractivity contribution in [2.45, 2.75) is 56.7 Å². The molecule has 1 heterocycles. The van der Waals surface area contributed by atoms with Gasteiger partial charge in [0.15, 0.2) is 0 Å². The third kappa shape index (κ3) is 2.51. The molecule has 18 heavy (non-hydrogen) atoms. The molecule has 0 radical (unpaired) electrons. The van der Waals surface area contributed by atoms with Crippen molar-refractivity contribution in [3.8, 4) is 0 Å². The van der Waals surface area contributed by atoms with Crippen LogP contribution in [-0.2, 0) is 4.79 Å². The third-order valence-electron chi connectivity index (χ3n) is 3.85. The quantitative estimate of drug-likeness (QED) is 0.798. The number of imide groups is 1. The molecule has 1 saturated carbocycles. The van der Waals surface area contributed by atoms with Crippen LogP contribution in [0.15, 0.2) is 0 Å². The molecule has 1 aliphatic carbocycles. The fourth-order valence-electron chi connectivity index (χ4n) is 2.93. The van der Waals surface area contributed by atoms with E-state index in [-0.39, 0.29) is 11.9 Å². The van der Waals surface area contributed by atoms with Gasteiger partial charge in [-0.2, -0.15) is 11.8 Å². The molecule has 0 unspecified atom stereocenters. The highest BCUT2D eigenvalue weighted by molar-refractivity contribution is 7.99. The fourth-order valence-corrected chi connectivity index (χ4v) is 3.69. The predicted molar refractivity (Wildman–Crippen MR) is 73.7 cm³/mol. The van der Waals surface area contributed by atoms with E-state index in [1.807, 2.05) is 11.8 Å². The SMILES string of the molecule is CC(C)SCCN1C(=O)NC(=O)C12CCCCC2. The smallest absolute Gasteiger partial charge is 0.309 e. The maximum Gasteiger partial charge on any atom is 0.325 e. The first kappa shape index (κ1) is 13.7. The molecule has 2 aliphatic rings. The lowest BCUT2D eigenvalue weighted by atomic mass is 9.80. The van der Waals surface area contributed by atoms with Gasteiger partial charge in [-0.15, -0.1) is 0 Å². The summed E-state index contributed by atoms with van der Waals surface area (Å²) in [6.45, 7) is 4.98. The zero-order valence-corrected chi connectivity index (χ0v) is 12.0. The molecule has 0 aromatic rings. The minimum atomic E-state index is -0.521. The lowest BCUT2D eigenvalue weighted by Gasteiger charge is -2.38. The normalized spacial score (nSPS) is 22.9. The highest BCUT2D eigenvalue weighted by Crippen LogP contribution is 2.37. The van der Waals surface area contributed by atoms with Gasteiger partial charge in [-0.1, -0.05) is 33.1 Å². The summed E-state index contributed by atoms with van der Waals surface area (Å²) in [7, 11) is 0. The lowest BCUT2D eigenvalue weighted by molar-refractivity contribution is -0.128. The molecule has 5 heteroatoms. The molecule has 0 aromatic carbocycles. The van der Waals surface area contributed by atoms with Crippen LogP contribution in [0.2, 0.25) is 0 Å². The molecule has 2 rings (SSSR count). The molecule has 1 N–H and O–H groups in total. The molecule has 3 amide bonds. The van der Waals surface area contributed by atoms with E-state index >= 15 is 0 Å². The topological polar surface area (TPSA) is 49.4 Å². The Labute approximate surface area is 113 Å². The van der Waals surface area contributed by atoms with Gasteiger partial charge in [0.1, 0.15) is 5.54 Å². The van der Waals surface area contributed by atoms with E-state index in [0.29, 0.717) is 11.8 Å². The second-order valence-corrected chi connectivity index (χ2v) is 7.11. The highest BCUT2D eigenvalue weighted by Gasteiger charge is 2.52. The summed E-state index contributed by atoms with van der Waals surface area (Å²) in [6, 6.07) is -0.189. The highest BCUT2D eigenvalue weighted by atomic mass is 32.2. The third-order valence-corrected chi connectivity index (χ3v) is 4.94. The number of rotatable bonds is 4. The molecule has 1 aliphatic heterocycles. The molecule has 1 saturated heterocycles. The van der Waals surface area contributed by atoms with Gasteiger partial charge in [0.25, 0.3) is 5.91 Å². The minimum Gasteiger partial charge on any atom is -0.309 e. The van der Waals surface area contributed by atoms with Crippen LogP contribution in [0.5, 0.6) is 0 Å². The van der Waals surface area contributed by atoms with Gasteiger partial charge in [0.05, 0.1) is 0 Å². The molecule has 0 aromatic heterocycles. The number of nitrogens with one attached hydrogen (secondary N) is 1. The summed E-state index contributed by atoms with van der Waals surface area (Å²) in [5.74, 6) is 0.835. The second kappa shape index (κ2) is 5.51. The molecular weight excluding hydrogens is 248 g/mol. The molecule has 0 bridgehead atoms. The Morgan fingerprint density at radius 2 is 1.94 bits per heavy atom. The Bertz CT molecular complexity index is 338. The fraction of sp³-hybridized carbons (Fsp3) is 0.846. The van der Waals surface area contributed by atoms with E-state index in [1.54, 1.807) is 4.90 Å². The molecular formula is C13H22N2O2S. The van der Waals surface area contributed by atoms with E-state index in [2.05, 4.69) is 19.2 Å². The number of nitrogens with zero attached hydrogens (tertiary/aromatic N) is 1. The molecule has 0 atom stereocenters. The first-order chi connectivity index (χ1) is 8.56. The van der Waals surface area contributed by atoms with E-state index in [0.717, 1.165) is 31.4 Å². The average Bonchev–Trinajstić information content (AvgIpc) is 2.54. The standard InChI is InChI=1S/C13H22N2O2S/c1-10(2)18-9-8-15-12(17)14-11(16)13(15)6-4-3-5-7-13/h10H,3-9H2,1-2H3,(H,14,16,17). The van der Waals surface area contributed by atoms with Crippen molar-refractivity contribution in [3.63, 3.8) is 0 Å². The summed E-state index contributed by atoms with van der Waals surface area (Å²) in [5, 5.41) is 3.07. The largest absolute Gasteiger partial charge is 0.325 e. The van der Waals surface area contributed by atoms with Crippen LogP contribution >= 0.6 is 11.8 Å². The summed E-state index contributed by atoms with van der Waals surface area (Å²) in [5.41, 5.74) is -0.521. The van der Waals surface area contributed by atoms with Crippen molar-refractivity contribution >= 4 is 23.7 Å². The second-order valence-electron chi connectivity index (χ2n) is 5.42. The minimum absolute atomic E-state index is 0.0678. The van der Waals surface area contributed by atoms with Crippen LogP contribution in [0, 0.1) is 0 Å². The summed E-state index contributed by atoms with van der Waals surface area (Å²) >= 11 is 1.84. The van der Waals surface area contributed by atoms with Gasteiger partial charge in [-0.3, -0.25) is 10.1 Å². The number of thioether (sulfide) groups is 1. The van der Waals surface area contributed by atoms with Crippen LogP contribution in [0.1, 0.15) is 46.0 Å². The van der Waals surface area contributed by atoms with Gasteiger partial charge in [-0.05, 0) is 18.1 Å². The average molecular weight is 270 g/mol. The zero-order chi connectivity index (χ0) is 13.2. The van der Waals surface area contributed by atoms with Crippen molar-refractivity contribution in [2.75, 3.05) is 12.3 Å². The molecule has 4 nitrogen and oxygen atoms in total. The molecule has 102 valence electrons. The zero-order valence-electron chi connectivity index (χ0n) is 11.2. The van der Waals surface area contributed by atoms with Gasteiger partial charge in [0.2, 0.25) is 0 Å². The van der Waals surface area contributed by atoms with E-state index in [1.165, 1.54) is 6.42 Å². The Hall–Kier alpha value is -0.710. The number of carbonyl (C=O) groups is 2. The van der Waals surface area contributed by atoms with Crippen molar-refractivity contribution in [2.24, 2.45) is 0 Å². The van der Waals surface area contributed by atoms with Gasteiger partial charge in [0, 0.05) is 12.3 Å². The molecule has 2 fully saturated rings. The van der Waals surface area contributed by atoms with E-state index in [9.17, 15) is 9.59 Å². The van der Waals surface area contributed by atoms with Crippen molar-refractivity contribution in [1.29, 1.82) is 0 Å². The number of hydrogen-bond acceptors (Lipinski definition) is 3. The Morgan fingerprint density at radius 3 is 2.56 bits per heavy atom. The summed E-state index contributed by atoms with van der Waals surface area (Å²) in [6.07, 6.45) is 4.94. The Balaban J connectivity index is 2.04. The lowest BCUT2D eigenvalue weighted by Crippen LogP contribution is -2.51. The van der Waals surface area contributed by atoms with Crippen LogP contribution in [-0.4, -0.2) is 39.9 Å². The van der Waals surface area contributed by atoms with Crippen molar-refractivity contribution < 1.29 is 9.59 Å². The van der Waals surface area contributed by atoms with Crippen LogP contribution in [0.3, 0.4) is 0 Å². The number of carbonyl (C=O) groups excluding carboxylic acids is 2. The Morgan fingerprint density at radius 1 is 1.28 bits per heavy atom. The predicted octanol–water partition coefficient (Wildman–Crippen LogP) is 2.38. The van der Waals surface area contributed by atoms with Crippen LogP contribution in [0.4, 0.5) is 4.79 Å². The number of hydrogen-bond donors (Lipinski definition) is 1. The summed E-state index contributed by atoms with van der Waals surface area (Å²) < 4.78 is 0. The van der Waals surface area contributed by atoms with Gasteiger partial charge in [-0.25, -0.2) is 4.79 Å². The van der Waals surface area contributed by atoms with Crippen LogP contribution in [0.25, 0.3) is 0 Å². The van der Waals surface area contributed by atoms with E-state index in [4.69, 9.17) is 0 Å². The maximum absolute atomic E-state index is 12.1. The monoisotopic (exact) mass is 270 g/mol. The first-order valence-corrected chi connectivity index (χ1v) is 7.86. The van der Waals surface area contributed by atoms with Crippen molar-refractivity contribution in [1.82, 2.24) is 10.2 Å². The van der Waals surface area contributed by atoms with Gasteiger partial charge < -0.3 is 4.90 Å². The number of urea groups is 1. The van der Waals surface area contributed by atoms with E-state index < -0.39 is 5.54 Å². The Kier molecular flexibility index (Phi) is 4.20. The summed E-state index contributed by atoms with van der Waals surface area (Å²) in [4.78, 5) is 25.8.